The van der Waals surface area contributed by atoms with E-state index < -0.39 is 16.1 Å². The van der Waals surface area contributed by atoms with Crippen molar-refractivity contribution >= 4 is 43.6 Å². The highest BCUT2D eigenvalue weighted by atomic mass is 79.9. The molecule has 1 atom stereocenters. The van der Waals surface area contributed by atoms with E-state index in [9.17, 15) is 13.5 Å². The van der Waals surface area contributed by atoms with Crippen LogP contribution in [0.1, 0.15) is 25.8 Å². The van der Waals surface area contributed by atoms with Crippen LogP contribution in [0.3, 0.4) is 0 Å². The fourth-order valence-corrected chi connectivity index (χ4v) is 5.34. The summed E-state index contributed by atoms with van der Waals surface area (Å²) in [5.41, 5.74) is 0.961. The van der Waals surface area contributed by atoms with Crippen molar-refractivity contribution in [1.29, 1.82) is 0 Å². The second kappa shape index (κ2) is 10.6. The minimum atomic E-state index is -3.82. The first-order valence-corrected chi connectivity index (χ1v) is 11.6. The second-order valence-corrected chi connectivity index (χ2v) is 10.3. The highest BCUT2D eigenvalue weighted by Gasteiger charge is 2.32. The van der Waals surface area contributed by atoms with Gasteiger partial charge in [0, 0.05) is 22.1 Å². The van der Waals surface area contributed by atoms with E-state index >= 15 is 0 Å². The Morgan fingerprint density at radius 1 is 1.14 bits per heavy atom. The van der Waals surface area contributed by atoms with Crippen LogP contribution in [-0.4, -0.2) is 37.0 Å². The summed E-state index contributed by atoms with van der Waals surface area (Å²) in [5, 5.41) is 10.4. The summed E-state index contributed by atoms with van der Waals surface area (Å²) < 4.78 is 28.7. The molecule has 2 rings (SSSR count). The van der Waals surface area contributed by atoms with Gasteiger partial charge in [0.1, 0.15) is 0 Å². The lowest BCUT2D eigenvalue weighted by atomic mass is 10.0. The lowest BCUT2D eigenvalue weighted by molar-refractivity contribution is 0.175. The SMILES string of the molecule is CC(C)CC(CO)N(CC(Br)=Cc1ccccc1)S(=O)(=O)c1ccc(Cl)cc1. The van der Waals surface area contributed by atoms with Gasteiger partial charge in [-0.05, 0) is 48.2 Å². The van der Waals surface area contributed by atoms with E-state index in [1.54, 1.807) is 12.1 Å². The number of hydrogen-bond acceptors (Lipinski definition) is 3. The smallest absolute Gasteiger partial charge is 0.243 e. The van der Waals surface area contributed by atoms with E-state index in [2.05, 4.69) is 15.9 Å². The highest BCUT2D eigenvalue weighted by molar-refractivity contribution is 9.11. The molecule has 0 aliphatic rings. The molecule has 1 unspecified atom stereocenters. The Hall–Kier alpha value is -1.18. The van der Waals surface area contributed by atoms with Crippen molar-refractivity contribution in [2.75, 3.05) is 13.2 Å². The van der Waals surface area contributed by atoms with E-state index in [4.69, 9.17) is 11.6 Å². The average molecular weight is 487 g/mol. The van der Waals surface area contributed by atoms with Crippen LogP contribution in [0.4, 0.5) is 0 Å². The molecule has 152 valence electrons. The Morgan fingerprint density at radius 3 is 2.29 bits per heavy atom. The number of hydrogen-bond donors (Lipinski definition) is 1. The molecule has 0 bridgehead atoms. The zero-order valence-electron chi connectivity index (χ0n) is 15.9. The molecule has 0 aliphatic carbocycles. The maximum absolute atomic E-state index is 13.3. The molecule has 0 fully saturated rings. The van der Waals surface area contributed by atoms with Crippen molar-refractivity contribution in [3.63, 3.8) is 0 Å². The number of nitrogens with zero attached hydrogens (tertiary/aromatic N) is 1. The maximum Gasteiger partial charge on any atom is 0.243 e. The summed E-state index contributed by atoms with van der Waals surface area (Å²) in [4.78, 5) is 0.152. The summed E-state index contributed by atoms with van der Waals surface area (Å²) in [6.07, 6.45) is 2.43. The topological polar surface area (TPSA) is 57.6 Å². The molecule has 1 N–H and O–H groups in total. The summed E-state index contributed by atoms with van der Waals surface area (Å²) in [7, 11) is -3.82. The highest BCUT2D eigenvalue weighted by Crippen LogP contribution is 2.26. The van der Waals surface area contributed by atoms with Crippen molar-refractivity contribution in [3.05, 3.63) is 69.7 Å². The van der Waals surface area contributed by atoms with Gasteiger partial charge < -0.3 is 5.11 Å². The van der Waals surface area contributed by atoms with Crippen LogP contribution in [-0.2, 0) is 10.0 Å². The van der Waals surface area contributed by atoms with Gasteiger partial charge in [-0.25, -0.2) is 8.42 Å². The molecule has 0 radical (unpaired) electrons. The van der Waals surface area contributed by atoms with Crippen molar-refractivity contribution in [2.24, 2.45) is 5.92 Å². The molecule has 0 heterocycles. The third-order valence-electron chi connectivity index (χ3n) is 4.21. The molecular weight excluding hydrogens is 462 g/mol. The fourth-order valence-electron chi connectivity index (χ4n) is 2.90. The molecule has 2 aromatic carbocycles. The van der Waals surface area contributed by atoms with Gasteiger partial charge in [-0.2, -0.15) is 4.31 Å². The summed E-state index contributed by atoms with van der Waals surface area (Å²) in [6.45, 7) is 3.88. The predicted octanol–water partition coefficient (Wildman–Crippen LogP) is 5.17. The van der Waals surface area contributed by atoms with Gasteiger partial charge in [0.15, 0.2) is 0 Å². The quantitative estimate of drug-likeness (QED) is 0.532. The Bertz CT molecular complexity index is 884. The molecule has 0 saturated carbocycles. The Morgan fingerprint density at radius 2 is 1.75 bits per heavy atom. The van der Waals surface area contributed by atoms with Crippen LogP contribution in [0.25, 0.3) is 6.08 Å². The first-order chi connectivity index (χ1) is 13.2. The minimum absolute atomic E-state index is 0.123. The molecule has 0 aliphatic heterocycles. The molecule has 28 heavy (non-hydrogen) atoms. The zero-order valence-corrected chi connectivity index (χ0v) is 19.1. The monoisotopic (exact) mass is 485 g/mol. The largest absolute Gasteiger partial charge is 0.395 e. The van der Waals surface area contributed by atoms with Gasteiger partial charge in [-0.15, -0.1) is 0 Å². The molecule has 0 saturated heterocycles. The normalized spacial score (nSPS) is 13.9. The van der Waals surface area contributed by atoms with E-state index in [0.29, 0.717) is 15.9 Å². The lowest BCUT2D eigenvalue weighted by Gasteiger charge is -2.31. The number of benzene rings is 2. The Kier molecular flexibility index (Phi) is 8.71. The van der Waals surface area contributed by atoms with Gasteiger partial charge in [0.25, 0.3) is 0 Å². The molecular formula is C21H25BrClNO3S. The molecule has 4 nitrogen and oxygen atoms in total. The van der Waals surface area contributed by atoms with Crippen molar-refractivity contribution < 1.29 is 13.5 Å². The maximum atomic E-state index is 13.3. The standard InChI is InChI=1S/C21H25BrClNO3S/c1-16(2)12-20(15-25)24(14-18(22)13-17-6-4-3-5-7-17)28(26,27)21-10-8-19(23)9-11-21/h3-11,13,16,20,25H,12,14-15H2,1-2H3. The van der Waals surface area contributed by atoms with Crippen LogP contribution in [0.2, 0.25) is 5.02 Å². The Balaban J connectivity index is 2.41. The predicted molar refractivity (Wildman–Crippen MR) is 119 cm³/mol. The lowest BCUT2D eigenvalue weighted by Crippen LogP contribution is -2.43. The number of aliphatic hydroxyl groups excluding tert-OH is 1. The molecule has 0 amide bonds. The summed E-state index contributed by atoms with van der Waals surface area (Å²) >= 11 is 9.42. The number of sulfonamides is 1. The van der Waals surface area contributed by atoms with E-state index in [1.165, 1.54) is 16.4 Å². The average Bonchev–Trinajstić information content (AvgIpc) is 2.65. The number of halogens is 2. The van der Waals surface area contributed by atoms with Gasteiger partial charge >= 0.3 is 0 Å². The zero-order chi connectivity index (χ0) is 20.7. The van der Waals surface area contributed by atoms with E-state index in [1.807, 2.05) is 50.3 Å². The van der Waals surface area contributed by atoms with E-state index in [0.717, 1.165) is 5.56 Å². The van der Waals surface area contributed by atoms with Crippen LogP contribution >= 0.6 is 27.5 Å². The molecule has 0 aromatic heterocycles. The number of rotatable bonds is 9. The summed E-state index contributed by atoms with van der Waals surface area (Å²) in [5.74, 6) is 0.233. The van der Waals surface area contributed by atoms with Crippen LogP contribution in [0.15, 0.2) is 64.0 Å². The van der Waals surface area contributed by atoms with Gasteiger partial charge in [0.2, 0.25) is 10.0 Å². The minimum Gasteiger partial charge on any atom is -0.395 e. The molecule has 2 aromatic rings. The van der Waals surface area contributed by atoms with Crippen LogP contribution in [0, 0.1) is 5.92 Å². The second-order valence-electron chi connectivity index (χ2n) is 6.97. The summed E-state index contributed by atoms with van der Waals surface area (Å²) in [6, 6.07) is 15.2. The van der Waals surface area contributed by atoms with Gasteiger partial charge in [-0.3, -0.25) is 0 Å². The Labute approximate surface area is 181 Å². The first-order valence-electron chi connectivity index (χ1n) is 9.03. The third-order valence-corrected chi connectivity index (χ3v) is 6.86. The van der Waals surface area contributed by atoms with Gasteiger partial charge in [0.05, 0.1) is 11.5 Å². The number of aliphatic hydroxyl groups is 1. The third kappa shape index (κ3) is 6.42. The first kappa shape index (κ1) is 23.1. The van der Waals surface area contributed by atoms with Crippen molar-refractivity contribution in [1.82, 2.24) is 4.31 Å². The fraction of sp³-hybridized carbons (Fsp3) is 0.333. The molecule has 0 spiro atoms. The van der Waals surface area contributed by atoms with E-state index in [-0.39, 0.29) is 24.0 Å². The van der Waals surface area contributed by atoms with Gasteiger partial charge in [-0.1, -0.05) is 71.7 Å². The van der Waals surface area contributed by atoms with Crippen molar-refractivity contribution in [3.8, 4) is 0 Å². The van der Waals surface area contributed by atoms with Crippen molar-refractivity contribution in [2.45, 2.75) is 31.2 Å². The van der Waals surface area contributed by atoms with Crippen LogP contribution in [0.5, 0.6) is 0 Å². The molecule has 7 heteroatoms. The van der Waals surface area contributed by atoms with Crippen LogP contribution < -0.4 is 0 Å².